The number of hydrogen-bond donors (Lipinski definition) is 0. The van der Waals surface area contributed by atoms with Crippen LogP contribution in [0.3, 0.4) is 0 Å². The van der Waals surface area contributed by atoms with E-state index in [1.807, 2.05) is 20.8 Å². The number of ether oxygens (including phenoxy) is 1. The maximum Gasteiger partial charge on any atom is 0.192 e. The second-order valence-electron chi connectivity index (χ2n) is 6.04. The number of rotatable bonds is 9. The van der Waals surface area contributed by atoms with E-state index in [1.165, 1.54) is 0 Å². The van der Waals surface area contributed by atoms with Crippen LogP contribution in [0.1, 0.15) is 66.2 Å². The molecule has 0 N–H and O–H groups in total. The molecule has 0 aliphatic carbocycles. The van der Waals surface area contributed by atoms with E-state index in [9.17, 15) is 17.6 Å². The minimum Gasteiger partial charge on any atom is -0.376 e. The summed E-state index contributed by atoms with van der Waals surface area (Å²) in [4.78, 5) is 0. The first-order valence-electron chi connectivity index (χ1n) is 7.35. The van der Waals surface area contributed by atoms with Gasteiger partial charge in [-0.15, -0.1) is 0 Å². The number of hydrogen-bond acceptors (Lipinski definition) is 1. The molecule has 0 bridgehead atoms. The van der Waals surface area contributed by atoms with Crippen molar-refractivity contribution in [1.82, 2.24) is 0 Å². The van der Waals surface area contributed by atoms with Gasteiger partial charge in [-0.1, -0.05) is 19.3 Å². The van der Waals surface area contributed by atoms with Crippen LogP contribution in [0.2, 0.25) is 0 Å². The molecule has 0 rings (SSSR count). The monoisotopic (exact) mass is 310 g/mol. The van der Waals surface area contributed by atoms with Crippen molar-refractivity contribution < 1.29 is 22.3 Å². The molecule has 1 nitrogen and oxygen atoms in total. The predicted octanol–water partition coefficient (Wildman–Crippen LogP) is 6.46. The fourth-order valence-electron chi connectivity index (χ4n) is 1.67. The zero-order valence-corrected chi connectivity index (χ0v) is 13.4. The highest BCUT2D eigenvalue weighted by Crippen LogP contribution is 2.26. The Kier molecular flexibility index (Phi) is 9.58. The van der Waals surface area contributed by atoms with Crippen LogP contribution in [0.5, 0.6) is 0 Å². The zero-order valence-electron chi connectivity index (χ0n) is 13.4. The van der Waals surface area contributed by atoms with Gasteiger partial charge in [0.05, 0.1) is 5.60 Å². The Morgan fingerprint density at radius 2 is 1.33 bits per heavy atom. The lowest BCUT2D eigenvalue weighted by Crippen LogP contribution is -2.19. The van der Waals surface area contributed by atoms with Crippen LogP contribution in [0.4, 0.5) is 17.6 Å². The van der Waals surface area contributed by atoms with Gasteiger partial charge < -0.3 is 4.74 Å². The molecule has 0 fully saturated rings. The Morgan fingerprint density at radius 3 is 1.86 bits per heavy atom. The second kappa shape index (κ2) is 9.98. The summed E-state index contributed by atoms with van der Waals surface area (Å²) >= 11 is 0. The molecule has 5 heteroatoms. The maximum absolute atomic E-state index is 13.2. The third-order valence-corrected chi connectivity index (χ3v) is 2.81. The topological polar surface area (TPSA) is 9.23 Å². The molecule has 0 aliphatic rings. The molecule has 0 aromatic rings. The van der Waals surface area contributed by atoms with E-state index < -0.39 is 23.3 Å². The summed E-state index contributed by atoms with van der Waals surface area (Å²) in [6, 6.07) is 0. The lowest BCUT2D eigenvalue weighted by molar-refractivity contribution is -0.00475. The van der Waals surface area contributed by atoms with Gasteiger partial charge in [0, 0.05) is 13.0 Å². The Hall–Kier alpha value is -0.840. The maximum atomic E-state index is 13.2. The van der Waals surface area contributed by atoms with Gasteiger partial charge in [0.2, 0.25) is 0 Å². The van der Waals surface area contributed by atoms with Crippen molar-refractivity contribution in [3.8, 4) is 0 Å². The molecular weight excluding hydrogens is 284 g/mol. The molecule has 0 atom stereocenters. The highest BCUT2D eigenvalue weighted by molar-refractivity contribution is 5.23. The summed E-state index contributed by atoms with van der Waals surface area (Å²) in [7, 11) is 0. The summed E-state index contributed by atoms with van der Waals surface area (Å²) in [5, 5.41) is 0. The summed E-state index contributed by atoms with van der Waals surface area (Å²) in [5.74, 6) is -6.03. The van der Waals surface area contributed by atoms with Crippen LogP contribution in [-0.2, 0) is 4.74 Å². The summed E-state index contributed by atoms with van der Waals surface area (Å²) < 4.78 is 57.0. The van der Waals surface area contributed by atoms with Gasteiger partial charge in [0.15, 0.2) is 11.7 Å². The van der Waals surface area contributed by atoms with Gasteiger partial charge in [-0.3, -0.25) is 0 Å². The van der Waals surface area contributed by atoms with Gasteiger partial charge in [-0.25, -0.2) is 17.6 Å². The van der Waals surface area contributed by atoms with E-state index in [-0.39, 0.29) is 12.0 Å². The molecule has 124 valence electrons. The van der Waals surface area contributed by atoms with Gasteiger partial charge in [0.25, 0.3) is 0 Å². The normalized spacial score (nSPS) is 14.9. The third kappa shape index (κ3) is 10.5. The first-order chi connectivity index (χ1) is 9.65. The lowest BCUT2D eigenvalue weighted by atomic mass is 10.1. The van der Waals surface area contributed by atoms with E-state index >= 15 is 0 Å². The molecule has 0 radical (unpaired) electrons. The highest BCUT2D eigenvalue weighted by atomic mass is 19.2. The molecule has 0 saturated heterocycles. The van der Waals surface area contributed by atoms with Crippen LogP contribution < -0.4 is 0 Å². The van der Waals surface area contributed by atoms with Crippen molar-refractivity contribution in [2.75, 3.05) is 6.61 Å². The van der Waals surface area contributed by atoms with Crippen molar-refractivity contribution in [1.29, 1.82) is 0 Å². The Labute approximate surface area is 125 Å². The quantitative estimate of drug-likeness (QED) is 0.270. The van der Waals surface area contributed by atoms with Gasteiger partial charge in [-0.05, 0) is 40.5 Å². The molecule has 0 aliphatic heterocycles. The van der Waals surface area contributed by atoms with Crippen molar-refractivity contribution in [3.05, 3.63) is 23.3 Å². The van der Waals surface area contributed by atoms with Gasteiger partial charge in [-0.2, -0.15) is 0 Å². The zero-order chi connectivity index (χ0) is 16.5. The molecule has 0 heterocycles. The average Bonchev–Trinajstić information content (AvgIpc) is 2.38. The minimum absolute atomic E-state index is 0.141. The first kappa shape index (κ1) is 20.2. The molecule has 0 aromatic carbocycles. The van der Waals surface area contributed by atoms with E-state index in [2.05, 4.69) is 0 Å². The van der Waals surface area contributed by atoms with Crippen molar-refractivity contribution in [3.63, 3.8) is 0 Å². The Balaban J connectivity index is 3.77. The molecule has 0 aromatic heterocycles. The molecule has 21 heavy (non-hydrogen) atoms. The Bertz CT molecular complexity index is 363. The highest BCUT2D eigenvalue weighted by Gasteiger charge is 2.14. The van der Waals surface area contributed by atoms with E-state index in [0.29, 0.717) is 13.0 Å². The Morgan fingerprint density at radius 1 is 0.810 bits per heavy atom. The molecular formula is C16H26F4O. The summed E-state index contributed by atoms with van der Waals surface area (Å²) in [6.07, 6.45) is 3.67. The summed E-state index contributed by atoms with van der Waals surface area (Å²) in [6.45, 7) is 7.40. The fraction of sp³-hybridized carbons (Fsp3) is 0.750. The predicted molar refractivity (Wildman–Crippen MR) is 77.6 cm³/mol. The second-order valence-corrected chi connectivity index (χ2v) is 6.04. The van der Waals surface area contributed by atoms with Crippen LogP contribution in [0.15, 0.2) is 23.3 Å². The average molecular weight is 310 g/mol. The SMILES string of the molecule is C/C(F)=C(F)/C(F)=C(\F)CCCCCCCOC(C)(C)C. The number of halogens is 4. The number of unbranched alkanes of at least 4 members (excludes halogenated alkanes) is 4. The van der Waals surface area contributed by atoms with Crippen LogP contribution in [0.25, 0.3) is 0 Å². The van der Waals surface area contributed by atoms with Crippen molar-refractivity contribution >= 4 is 0 Å². The van der Waals surface area contributed by atoms with Gasteiger partial charge >= 0.3 is 0 Å². The van der Waals surface area contributed by atoms with Crippen LogP contribution in [-0.4, -0.2) is 12.2 Å². The smallest absolute Gasteiger partial charge is 0.192 e. The summed E-state index contributed by atoms with van der Waals surface area (Å²) in [5.41, 5.74) is -0.141. The fourth-order valence-corrected chi connectivity index (χ4v) is 1.67. The third-order valence-electron chi connectivity index (χ3n) is 2.81. The standard InChI is InChI=1S/C16H26F4O/c1-12(17)14(19)15(20)13(18)10-8-6-5-7-9-11-21-16(2,3)4/h5-11H2,1-4H3/b14-12+,15-13+. The van der Waals surface area contributed by atoms with Crippen LogP contribution in [0, 0.1) is 0 Å². The molecule has 0 amide bonds. The first-order valence-corrected chi connectivity index (χ1v) is 7.35. The van der Waals surface area contributed by atoms with E-state index in [0.717, 1.165) is 32.6 Å². The molecule has 0 spiro atoms. The number of allylic oxidation sites excluding steroid dienone is 4. The van der Waals surface area contributed by atoms with Gasteiger partial charge in [0.1, 0.15) is 11.7 Å². The lowest BCUT2D eigenvalue weighted by Gasteiger charge is -2.19. The van der Waals surface area contributed by atoms with Crippen LogP contribution >= 0.6 is 0 Å². The minimum atomic E-state index is -1.74. The van der Waals surface area contributed by atoms with E-state index in [4.69, 9.17) is 4.74 Å². The molecule has 0 saturated carbocycles. The van der Waals surface area contributed by atoms with Crippen molar-refractivity contribution in [2.45, 2.75) is 71.8 Å². The largest absolute Gasteiger partial charge is 0.376 e. The molecule has 0 unspecified atom stereocenters. The van der Waals surface area contributed by atoms with E-state index in [1.54, 1.807) is 0 Å². The van der Waals surface area contributed by atoms with Crippen molar-refractivity contribution in [2.24, 2.45) is 0 Å².